The van der Waals surface area contributed by atoms with Gasteiger partial charge in [0.2, 0.25) is 0 Å². The molecule has 0 fully saturated rings. The Labute approximate surface area is 163 Å². The normalized spacial score (nSPS) is 11.3. The van der Waals surface area contributed by atoms with Crippen molar-refractivity contribution in [1.29, 1.82) is 0 Å². The number of nitrogens with zero attached hydrogens (tertiary/aromatic N) is 1. The van der Waals surface area contributed by atoms with Crippen LogP contribution in [0.15, 0.2) is 88.9 Å². The fourth-order valence-electron chi connectivity index (χ4n) is 2.34. The largest absolute Gasteiger partial charge is 0.423 e. The Morgan fingerprint density at radius 1 is 0.964 bits per heavy atom. The predicted octanol–water partition coefficient (Wildman–Crippen LogP) is 3.53. The number of ether oxygens (including phenoxy) is 1. The molecular formula is C21H18N2O4S. The van der Waals surface area contributed by atoms with Gasteiger partial charge < -0.3 is 4.74 Å². The molecule has 0 heterocycles. The molecule has 142 valence electrons. The van der Waals surface area contributed by atoms with Crippen molar-refractivity contribution >= 4 is 22.2 Å². The summed E-state index contributed by atoms with van der Waals surface area (Å²) in [5.74, 6) is -0.140. The molecule has 0 bridgehead atoms. The molecule has 0 atom stereocenters. The lowest BCUT2D eigenvalue weighted by Gasteiger charge is -2.06. The van der Waals surface area contributed by atoms with Gasteiger partial charge in [0, 0.05) is 0 Å². The monoisotopic (exact) mass is 394 g/mol. The van der Waals surface area contributed by atoms with Crippen molar-refractivity contribution in [3.63, 3.8) is 0 Å². The van der Waals surface area contributed by atoms with Gasteiger partial charge >= 0.3 is 5.97 Å². The van der Waals surface area contributed by atoms with Crippen LogP contribution in [0.3, 0.4) is 0 Å². The highest BCUT2D eigenvalue weighted by molar-refractivity contribution is 7.89. The Hall–Kier alpha value is -3.45. The van der Waals surface area contributed by atoms with Crippen LogP contribution in [0.2, 0.25) is 0 Å². The molecule has 0 radical (unpaired) electrons. The zero-order valence-electron chi connectivity index (χ0n) is 15.1. The quantitative estimate of drug-likeness (QED) is 0.300. The molecule has 1 N–H and O–H groups in total. The van der Waals surface area contributed by atoms with Gasteiger partial charge in [0.15, 0.2) is 0 Å². The molecule has 3 aromatic carbocycles. The van der Waals surface area contributed by atoms with Gasteiger partial charge in [-0.3, -0.25) is 0 Å². The van der Waals surface area contributed by atoms with Crippen LogP contribution < -0.4 is 9.57 Å². The maximum absolute atomic E-state index is 12.2. The minimum Gasteiger partial charge on any atom is -0.423 e. The van der Waals surface area contributed by atoms with E-state index in [2.05, 4.69) is 9.93 Å². The number of aryl methyl sites for hydroxylation is 1. The molecule has 0 spiro atoms. The second-order valence-corrected chi connectivity index (χ2v) is 7.65. The number of rotatable bonds is 6. The lowest BCUT2D eigenvalue weighted by Crippen LogP contribution is -2.18. The minimum absolute atomic E-state index is 0.118. The molecule has 6 nitrogen and oxygen atoms in total. The van der Waals surface area contributed by atoms with E-state index in [-0.39, 0.29) is 4.90 Å². The number of carbonyl (C=O) groups is 1. The van der Waals surface area contributed by atoms with Crippen LogP contribution in [0.25, 0.3) is 0 Å². The summed E-state index contributed by atoms with van der Waals surface area (Å²) in [6, 6.07) is 21.6. The summed E-state index contributed by atoms with van der Waals surface area (Å²) >= 11 is 0. The van der Waals surface area contributed by atoms with E-state index in [0.717, 1.165) is 5.56 Å². The summed E-state index contributed by atoms with van der Waals surface area (Å²) in [5, 5.41) is 3.77. The third kappa shape index (κ3) is 5.05. The van der Waals surface area contributed by atoms with Crippen LogP contribution in [-0.4, -0.2) is 20.6 Å². The first-order chi connectivity index (χ1) is 13.4. The van der Waals surface area contributed by atoms with Gasteiger partial charge in [-0.05, 0) is 48.9 Å². The number of benzene rings is 3. The summed E-state index contributed by atoms with van der Waals surface area (Å²) in [6.45, 7) is 1.93. The van der Waals surface area contributed by atoms with Crippen molar-refractivity contribution in [1.82, 2.24) is 4.83 Å². The lowest BCUT2D eigenvalue weighted by atomic mass is 10.1. The topological polar surface area (TPSA) is 84.8 Å². The summed E-state index contributed by atoms with van der Waals surface area (Å²) < 4.78 is 29.6. The number of nitrogens with one attached hydrogen (secondary N) is 1. The van der Waals surface area contributed by atoms with Gasteiger partial charge in [0.1, 0.15) is 5.75 Å². The predicted molar refractivity (Wildman–Crippen MR) is 107 cm³/mol. The molecule has 0 unspecified atom stereocenters. The Morgan fingerprint density at radius 2 is 1.68 bits per heavy atom. The first kappa shape index (κ1) is 19.3. The van der Waals surface area contributed by atoms with E-state index in [4.69, 9.17) is 4.74 Å². The Morgan fingerprint density at radius 3 is 2.39 bits per heavy atom. The molecule has 3 rings (SSSR count). The standard InChI is InChI=1S/C21H18N2O4S/c1-16-10-12-18(13-11-16)21(24)27-19-7-5-6-17(14-19)15-22-23-28(25,26)20-8-3-2-4-9-20/h2-15,23H,1H3. The number of sulfonamides is 1. The van der Waals surface area contributed by atoms with Gasteiger partial charge in [-0.15, -0.1) is 0 Å². The SMILES string of the molecule is Cc1ccc(C(=O)Oc2cccc(C=NNS(=O)(=O)c3ccccc3)c2)cc1. The van der Waals surface area contributed by atoms with Crippen molar-refractivity contribution in [3.05, 3.63) is 95.6 Å². The molecule has 28 heavy (non-hydrogen) atoms. The van der Waals surface area contributed by atoms with Gasteiger partial charge in [0.05, 0.1) is 16.7 Å². The molecule has 0 aliphatic heterocycles. The summed E-state index contributed by atoms with van der Waals surface area (Å²) in [7, 11) is -3.73. The number of esters is 1. The van der Waals surface area contributed by atoms with E-state index < -0.39 is 16.0 Å². The molecule has 0 aliphatic carbocycles. The molecule has 0 amide bonds. The number of hydrogen-bond donors (Lipinski definition) is 1. The number of hydrogen-bond acceptors (Lipinski definition) is 5. The van der Waals surface area contributed by atoms with Crippen LogP contribution in [0, 0.1) is 6.92 Å². The maximum Gasteiger partial charge on any atom is 0.343 e. The Kier molecular flexibility index (Phi) is 5.86. The highest BCUT2D eigenvalue weighted by Gasteiger charge is 2.11. The average molecular weight is 394 g/mol. The van der Waals surface area contributed by atoms with Gasteiger partial charge in [0.25, 0.3) is 10.0 Å². The molecule has 0 aromatic heterocycles. The van der Waals surface area contributed by atoms with E-state index in [1.807, 2.05) is 19.1 Å². The van der Waals surface area contributed by atoms with Crippen LogP contribution in [0.5, 0.6) is 5.75 Å². The minimum atomic E-state index is -3.73. The summed E-state index contributed by atoms with van der Waals surface area (Å²) in [4.78, 5) is 14.5. The number of carbonyl (C=O) groups excluding carboxylic acids is 1. The van der Waals surface area contributed by atoms with Crippen molar-refractivity contribution in [2.45, 2.75) is 11.8 Å². The van der Waals surface area contributed by atoms with E-state index in [9.17, 15) is 13.2 Å². The zero-order valence-corrected chi connectivity index (χ0v) is 15.9. The van der Waals surface area contributed by atoms with Crippen LogP contribution in [0.1, 0.15) is 21.5 Å². The van der Waals surface area contributed by atoms with Crippen LogP contribution in [-0.2, 0) is 10.0 Å². The highest BCUT2D eigenvalue weighted by atomic mass is 32.2. The van der Waals surface area contributed by atoms with Gasteiger partial charge in [-0.2, -0.15) is 13.5 Å². The summed E-state index contributed by atoms with van der Waals surface area (Å²) in [6.07, 6.45) is 1.34. The second kappa shape index (κ2) is 8.49. The van der Waals surface area contributed by atoms with Crippen molar-refractivity contribution < 1.29 is 17.9 Å². The first-order valence-corrected chi connectivity index (χ1v) is 9.91. The molecular weight excluding hydrogens is 376 g/mol. The fraction of sp³-hybridized carbons (Fsp3) is 0.0476. The average Bonchev–Trinajstić information content (AvgIpc) is 2.69. The van der Waals surface area contributed by atoms with Crippen molar-refractivity contribution in [2.75, 3.05) is 0 Å². The second-order valence-electron chi connectivity index (χ2n) is 5.99. The maximum atomic E-state index is 12.2. The van der Waals surface area contributed by atoms with Crippen molar-refractivity contribution in [2.24, 2.45) is 5.10 Å². The molecule has 0 saturated carbocycles. The summed E-state index contributed by atoms with van der Waals surface area (Å²) in [5.41, 5.74) is 2.07. The third-order valence-corrected chi connectivity index (χ3v) is 5.03. The molecule has 0 saturated heterocycles. The Bertz CT molecular complexity index is 1090. The van der Waals surface area contributed by atoms with E-state index in [1.54, 1.807) is 54.6 Å². The molecule has 7 heteroatoms. The third-order valence-electron chi connectivity index (χ3n) is 3.80. The van der Waals surface area contributed by atoms with Gasteiger partial charge in [-0.25, -0.2) is 9.63 Å². The zero-order chi connectivity index (χ0) is 20.0. The lowest BCUT2D eigenvalue weighted by molar-refractivity contribution is 0.0735. The fourth-order valence-corrected chi connectivity index (χ4v) is 3.15. The van der Waals surface area contributed by atoms with Crippen LogP contribution >= 0.6 is 0 Å². The van der Waals surface area contributed by atoms with E-state index in [0.29, 0.717) is 16.9 Å². The number of hydrazone groups is 1. The molecule has 0 aliphatic rings. The smallest absolute Gasteiger partial charge is 0.343 e. The van der Waals surface area contributed by atoms with Crippen LogP contribution in [0.4, 0.5) is 0 Å². The van der Waals surface area contributed by atoms with E-state index >= 15 is 0 Å². The Balaban J connectivity index is 1.67. The first-order valence-electron chi connectivity index (χ1n) is 8.43. The van der Waals surface area contributed by atoms with Crippen molar-refractivity contribution in [3.8, 4) is 5.75 Å². The highest BCUT2D eigenvalue weighted by Crippen LogP contribution is 2.15. The van der Waals surface area contributed by atoms with E-state index in [1.165, 1.54) is 18.3 Å². The molecule has 3 aromatic rings. The van der Waals surface area contributed by atoms with Gasteiger partial charge in [-0.1, -0.05) is 48.0 Å².